The first-order valence-electron chi connectivity index (χ1n) is 12.1. The van der Waals surface area contributed by atoms with E-state index in [1.807, 2.05) is 0 Å². The van der Waals surface area contributed by atoms with Gasteiger partial charge in [-0.25, -0.2) is 0 Å². The molecule has 1 aliphatic carbocycles. The van der Waals surface area contributed by atoms with E-state index in [1.54, 1.807) is 0 Å². The van der Waals surface area contributed by atoms with E-state index in [4.69, 9.17) is 5.11 Å². The molecule has 1 aliphatic rings. The second-order valence-electron chi connectivity index (χ2n) is 8.95. The number of hydrogen-bond donors (Lipinski definition) is 5. The van der Waals surface area contributed by atoms with Crippen LogP contribution in [0.2, 0.25) is 0 Å². The van der Waals surface area contributed by atoms with Gasteiger partial charge in [-0.3, -0.25) is 4.79 Å². The molecule has 5 N–H and O–H groups in total. The zero-order valence-electron chi connectivity index (χ0n) is 19.1. The first-order chi connectivity index (χ1) is 14.9. The van der Waals surface area contributed by atoms with E-state index in [0.717, 1.165) is 31.0 Å². The van der Waals surface area contributed by atoms with Crippen molar-refractivity contribution in [1.29, 1.82) is 0 Å². The number of allylic oxidation sites excluding steroid dienone is 2. The molecule has 7 heteroatoms. The highest BCUT2D eigenvalue weighted by atomic mass is 32.2. The van der Waals surface area contributed by atoms with Gasteiger partial charge in [0.2, 0.25) is 0 Å². The Morgan fingerprint density at radius 3 is 2.48 bits per heavy atom. The van der Waals surface area contributed by atoms with Gasteiger partial charge in [-0.05, 0) is 50.4 Å². The summed E-state index contributed by atoms with van der Waals surface area (Å²) < 4.78 is -1.77. The molecule has 1 saturated carbocycles. The van der Waals surface area contributed by atoms with Crippen LogP contribution in [0.1, 0.15) is 90.4 Å². The molecule has 0 spiro atoms. The van der Waals surface area contributed by atoms with Crippen molar-refractivity contribution < 1.29 is 30.3 Å². The number of aliphatic carboxylic acids is 1. The third-order valence-electron chi connectivity index (χ3n) is 6.47. The third kappa shape index (κ3) is 10.3. The summed E-state index contributed by atoms with van der Waals surface area (Å²) in [6.45, 7) is 1.74. The largest absolute Gasteiger partial charge is 0.480 e. The van der Waals surface area contributed by atoms with E-state index in [-0.39, 0.29) is 12.2 Å². The Balaban J connectivity index is 2.39. The predicted molar refractivity (Wildman–Crippen MR) is 126 cm³/mol. The van der Waals surface area contributed by atoms with Crippen LogP contribution in [0.25, 0.3) is 0 Å². The molecule has 31 heavy (non-hydrogen) atoms. The van der Waals surface area contributed by atoms with Gasteiger partial charge in [-0.1, -0.05) is 64.0 Å². The van der Waals surface area contributed by atoms with Gasteiger partial charge < -0.3 is 25.5 Å². The molecule has 0 aliphatic heterocycles. The van der Waals surface area contributed by atoms with Crippen LogP contribution in [-0.2, 0) is 4.79 Å². The lowest BCUT2D eigenvalue weighted by molar-refractivity contribution is -0.153. The lowest BCUT2D eigenvalue weighted by Gasteiger charge is -2.31. The number of thioether (sulfide) groups is 1. The van der Waals surface area contributed by atoms with Crippen molar-refractivity contribution in [1.82, 2.24) is 0 Å². The third-order valence-corrected chi connectivity index (χ3v) is 8.13. The average molecular weight is 461 g/mol. The molecule has 1 rings (SSSR count). The van der Waals surface area contributed by atoms with E-state index in [9.17, 15) is 25.2 Å². The highest BCUT2D eigenvalue weighted by Crippen LogP contribution is 2.38. The number of aliphatic hydroxyl groups excluding tert-OH is 3. The topological polar surface area (TPSA) is 118 Å². The van der Waals surface area contributed by atoms with Gasteiger partial charge >= 0.3 is 5.97 Å². The molecule has 182 valence electrons. The van der Waals surface area contributed by atoms with Crippen LogP contribution >= 0.6 is 11.8 Å². The molecular formula is C24H44O6S. The lowest BCUT2D eigenvalue weighted by atomic mass is 9.89. The zero-order valence-corrected chi connectivity index (χ0v) is 19.9. The van der Waals surface area contributed by atoms with Crippen molar-refractivity contribution in [2.45, 2.75) is 108 Å². The highest BCUT2D eigenvalue weighted by Gasteiger charge is 2.45. The molecule has 0 radical (unpaired) electrons. The second-order valence-corrected chi connectivity index (χ2v) is 10.3. The Morgan fingerprint density at radius 1 is 1.10 bits per heavy atom. The van der Waals surface area contributed by atoms with E-state index >= 15 is 0 Å². The zero-order chi connectivity index (χ0) is 23.1. The number of hydrogen-bond acceptors (Lipinski definition) is 6. The van der Waals surface area contributed by atoms with Crippen LogP contribution in [0.4, 0.5) is 0 Å². The number of carboxylic acid groups (broad SMARTS) is 1. The molecule has 1 fully saturated rings. The molecule has 0 aromatic heterocycles. The first kappa shape index (κ1) is 28.4. The predicted octanol–water partition coefficient (Wildman–Crippen LogP) is 4.10. The standard InChI is InChI=1S/C24H44O6S/c1-2-3-4-5-6-8-12-19-14-11-15-20(19)13-9-7-10-16-24(22(27)28,23(29)30)31-18-21(26)17-25/h8,12,19-22,25-28H,2-7,9-11,13-18H2,1H3,(H,29,30)/t19-,20-,21?,24?/m0/s1. The van der Waals surface area contributed by atoms with Crippen molar-refractivity contribution in [3.63, 3.8) is 0 Å². The number of rotatable bonds is 18. The van der Waals surface area contributed by atoms with Crippen LogP contribution in [0.5, 0.6) is 0 Å². The summed E-state index contributed by atoms with van der Waals surface area (Å²) in [7, 11) is 0. The van der Waals surface area contributed by atoms with Gasteiger partial charge in [0.15, 0.2) is 11.0 Å². The summed E-state index contributed by atoms with van der Waals surface area (Å²) in [6.07, 6.45) is 15.5. The monoisotopic (exact) mass is 460 g/mol. The molecule has 6 nitrogen and oxygen atoms in total. The summed E-state index contributed by atoms with van der Waals surface area (Å²) in [5.74, 6) is 0.0138. The van der Waals surface area contributed by atoms with Crippen molar-refractivity contribution in [3.8, 4) is 0 Å². The Kier molecular flexibility index (Phi) is 14.7. The van der Waals surface area contributed by atoms with E-state index in [0.29, 0.717) is 18.3 Å². The molecule has 0 aromatic rings. The van der Waals surface area contributed by atoms with Crippen LogP contribution < -0.4 is 0 Å². The lowest BCUT2D eigenvalue weighted by Crippen LogP contribution is -2.47. The van der Waals surface area contributed by atoms with E-state index in [2.05, 4.69) is 19.1 Å². The minimum atomic E-state index is -2.03. The first-order valence-corrected chi connectivity index (χ1v) is 13.0. The summed E-state index contributed by atoms with van der Waals surface area (Å²) in [5.41, 5.74) is 0. The van der Waals surface area contributed by atoms with Gasteiger partial charge in [0.25, 0.3) is 0 Å². The molecule has 4 atom stereocenters. The van der Waals surface area contributed by atoms with Crippen LogP contribution in [-0.4, -0.2) is 61.0 Å². The van der Waals surface area contributed by atoms with Crippen LogP contribution in [0.3, 0.4) is 0 Å². The highest BCUT2D eigenvalue weighted by molar-refractivity contribution is 8.01. The van der Waals surface area contributed by atoms with Crippen molar-refractivity contribution in [2.24, 2.45) is 11.8 Å². The molecule has 0 saturated heterocycles. The minimum Gasteiger partial charge on any atom is -0.480 e. The summed E-state index contributed by atoms with van der Waals surface area (Å²) in [5, 5.41) is 47.5. The van der Waals surface area contributed by atoms with Crippen molar-refractivity contribution in [2.75, 3.05) is 12.4 Å². The quantitative estimate of drug-likeness (QED) is 0.119. The summed E-state index contributed by atoms with van der Waals surface area (Å²) in [4.78, 5) is 11.8. The number of carbonyl (C=O) groups is 1. The fraction of sp³-hybridized carbons (Fsp3) is 0.875. The summed E-state index contributed by atoms with van der Waals surface area (Å²) >= 11 is 0.799. The number of unbranched alkanes of at least 4 members (excludes halogenated alkanes) is 6. The van der Waals surface area contributed by atoms with Gasteiger partial charge in [0.05, 0.1) is 12.7 Å². The maximum Gasteiger partial charge on any atom is 0.325 e. The van der Waals surface area contributed by atoms with E-state index in [1.165, 1.54) is 51.4 Å². The van der Waals surface area contributed by atoms with Gasteiger partial charge in [-0.2, -0.15) is 0 Å². The Labute approximate surface area is 192 Å². The van der Waals surface area contributed by atoms with Gasteiger partial charge in [-0.15, -0.1) is 11.8 Å². The van der Waals surface area contributed by atoms with Crippen molar-refractivity contribution >= 4 is 17.7 Å². The fourth-order valence-electron chi connectivity index (χ4n) is 4.46. The molecule has 0 bridgehead atoms. The minimum absolute atomic E-state index is 0.0606. The van der Waals surface area contributed by atoms with Crippen LogP contribution in [0.15, 0.2) is 12.2 Å². The Hall–Kier alpha value is -0.600. The van der Waals surface area contributed by atoms with Crippen molar-refractivity contribution in [3.05, 3.63) is 12.2 Å². The Bertz CT molecular complexity index is 512. The molecule has 0 aromatic carbocycles. The van der Waals surface area contributed by atoms with Crippen LogP contribution in [0, 0.1) is 11.8 Å². The normalized spacial score (nSPS) is 22.3. The van der Waals surface area contributed by atoms with Gasteiger partial charge in [0.1, 0.15) is 0 Å². The maximum absolute atomic E-state index is 11.8. The molecule has 0 amide bonds. The summed E-state index contributed by atoms with van der Waals surface area (Å²) in [6, 6.07) is 0. The Morgan fingerprint density at radius 2 is 1.84 bits per heavy atom. The molecular weight excluding hydrogens is 416 g/mol. The number of carboxylic acids is 1. The second kappa shape index (κ2) is 16.1. The molecule has 2 unspecified atom stereocenters. The average Bonchev–Trinajstić information content (AvgIpc) is 3.19. The SMILES string of the molecule is CCCCCCC=C[C@H]1CCC[C@@H]1CCCCCC(SCC(O)CO)(C(=O)O)C(O)O. The van der Waals surface area contributed by atoms with E-state index < -0.39 is 29.7 Å². The number of aliphatic hydroxyl groups is 4. The molecule has 0 heterocycles. The fourth-order valence-corrected chi connectivity index (χ4v) is 5.62. The smallest absolute Gasteiger partial charge is 0.325 e. The van der Waals surface area contributed by atoms with Gasteiger partial charge in [0, 0.05) is 5.75 Å². The maximum atomic E-state index is 11.8.